The van der Waals surface area contributed by atoms with Crippen molar-refractivity contribution < 1.29 is 9.18 Å². The van der Waals surface area contributed by atoms with Crippen molar-refractivity contribution in [3.05, 3.63) is 71.7 Å². The molecule has 156 valence electrons. The smallest absolute Gasteiger partial charge is 0.230 e. The van der Waals surface area contributed by atoms with Gasteiger partial charge < -0.3 is 4.90 Å². The van der Waals surface area contributed by atoms with Crippen LogP contribution in [0.1, 0.15) is 30.5 Å². The molecule has 30 heavy (non-hydrogen) atoms. The SMILES string of the molecule is CC(c1ccc(-c2ccccc2)c(F)c1)c1cc2n(n1)CCC(=O)N2CCN(C)C. The lowest BCUT2D eigenvalue weighted by molar-refractivity contribution is -0.119. The highest BCUT2D eigenvalue weighted by Gasteiger charge is 2.27. The Balaban J connectivity index is 1.60. The van der Waals surface area contributed by atoms with Gasteiger partial charge in [0.15, 0.2) is 0 Å². The van der Waals surface area contributed by atoms with Crippen molar-refractivity contribution in [3.8, 4) is 11.1 Å². The maximum Gasteiger partial charge on any atom is 0.230 e. The molecule has 0 radical (unpaired) electrons. The summed E-state index contributed by atoms with van der Waals surface area (Å²) in [6.45, 7) is 4.03. The molecule has 0 N–H and O–H groups in total. The number of carbonyl (C=O) groups excluding carboxylic acids is 1. The molecule has 0 saturated heterocycles. The number of benzene rings is 2. The molecule has 1 aromatic heterocycles. The van der Waals surface area contributed by atoms with Crippen LogP contribution in [0.2, 0.25) is 0 Å². The fourth-order valence-corrected chi connectivity index (χ4v) is 3.85. The molecule has 1 atom stereocenters. The zero-order chi connectivity index (χ0) is 21.3. The molecule has 0 bridgehead atoms. The number of fused-ring (bicyclic) bond motifs is 1. The number of aromatic nitrogens is 2. The van der Waals surface area contributed by atoms with E-state index in [1.807, 2.05) is 79.1 Å². The highest BCUT2D eigenvalue weighted by molar-refractivity contribution is 5.93. The summed E-state index contributed by atoms with van der Waals surface area (Å²) in [5.41, 5.74) is 3.17. The number of amides is 1. The molecule has 2 aromatic carbocycles. The third kappa shape index (κ3) is 4.00. The second-order valence-electron chi connectivity index (χ2n) is 8.08. The zero-order valence-electron chi connectivity index (χ0n) is 17.7. The largest absolute Gasteiger partial charge is 0.308 e. The number of hydrogen-bond donors (Lipinski definition) is 0. The number of nitrogens with zero attached hydrogens (tertiary/aromatic N) is 4. The number of likely N-dealkylation sites (N-methyl/N-ethyl adjacent to an activating group) is 1. The van der Waals surface area contributed by atoms with Gasteiger partial charge in [0.1, 0.15) is 11.6 Å². The summed E-state index contributed by atoms with van der Waals surface area (Å²) >= 11 is 0. The molecule has 4 rings (SSSR count). The minimum Gasteiger partial charge on any atom is -0.308 e. The van der Waals surface area contributed by atoms with E-state index in [1.165, 1.54) is 0 Å². The van der Waals surface area contributed by atoms with Crippen molar-refractivity contribution in [1.29, 1.82) is 0 Å². The standard InChI is InChI=1S/C24H27FN4O/c1-17(19-9-10-20(21(25)15-19)18-7-5-4-6-8-18)22-16-23-28(14-13-27(2)3)24(30)11-12-29(23)26-22/h4-10,15-17H,11-14H2,1-3H3. The van der Waals surface area contributed by atoms with E-state index in [2.05, 4.69) is 4.90 Å². The van der Waals surface area contributed by atoms with Crippen molar-refractivity contribution in [2.45, 2.75) is 25.8 Å². The van der Waals surface area contributed by atoms with Crippen LogP contribution in [-0.2, 0) is 11.3 Å². The molecule has 3 aromatic rings. The quantitative estimate of drug-likeness (QED) is 0.618. The minimum atomic E-state index is -0.239. The van der Waals surface area contributed by atoms with E-state index in [0.29, 0.717) is 25.1 Å². The van der Waals surface area contributed by atoms with Gasteiger partial charge in [-0.1, -0.05) is 49.4 Å². The van der Waals surface area contributed by atoms with Crippen molar-refractivity contribution in [2.24, 2.45) is 0 Å². The van der Waals surface area contributed by atoms with E-state index in [0.717, 1.165) is 29.2 Å². The summed E-state index contributed by atoms with van der Waals surface area (Å²) < 4.78 is 16.7. The van der Waals surface area contributed by atoms with Crippen LogP contribution >= 0.6 is 0 Å². The Hall–Kier alpha value is -2.99. The predicted octanol–water partition coefficient (Wildman–Crippen LogP) is 4.14. The number of carbonyl (C=O) groups is 1. The second kappa shape index (κ2) is 8.40. The van der Waals surface area contributed by atoms with Crippen molar-refractivity contribution in [3.63, 3.8) is 0 Å². The Bertz CT molecular complexity index is 1040. The topological polar surface area (TPSA) is 41.4 Å². The maximum absolute atomic E-state index is 14.8. The molecular formula is C24H27FN4O. The van der Waals surface area contributed by atoms with Crippen LogP contribution in [0.3, 0.4) is 0 Å². The zero-order valence-corrected chi connectivity index (χ0v) is 17.7. The van der Waals surface area contributed by atoms with Gasteiger partial charge in [0.2, 0.25) is 5.91 Å². The third-order valence-electron chi connectivity index (χ3n) is 5.69. The van der Waals surface area contributed by atoms with E-state index in [4.69, 9.17) is 5.10 Å². The van der Waals surface area contributed by atoms with E-state index in [9.17, 15) is 9.18 Å². The van der Waals surface area contributed by atoms with E-state index in [1.54, 1.807) is 6.07 Å². The van der Waals surface area contributed by atoms with Crippen molar-refractivity contribution in [2.75, 3.05) is 32.1 Å². The van der Waals surface area contributed by atoms with Gasteiger partial charge in [-0.3, -0.25) is 9.69 Å². The van der Waals surface area contributed by atoms with Gasteiger partial charge in [0.05, 0.1) is 12.2 Å². The Morgan fingerprint density at radius 2 is 1.90 bits per heavy atom. The van der Waals surface area contributed by atoms with Gasteiger partial charge >= 0.3 is 0 Å². The first-order valence-electron chi connectivity index (χ1n) is 10.3. The number of anilines is 1. The molecule has 5 nitrogen and oxygen atoms in total. The van der Waals surface area contributed by atoms with Gasteiger partial charge in [0, 0.05) is 37.1 Å². The first-order valence-corrected chi connectivity index (χ1v) is 10.3. The molecule has 1 amide bonds. The lowest BCUT2D eigenvalue weighted by Crippen LogP contribution is -2.41. The highest BCUT2D eigenvalue weighted by Crippen LogP contribution is 2.32. The Kier molecular flexibility index (Phi) is 5.68. The fourth-order valence-electron chi connectivity index (χ4n) is 3.85. The number of halogens is 1. The number of hydrogen-bond acceptors (Lipinski definition) is 3. The molecule has 1 aliphatic rings. The van der Waals surface area contributed by atoms with Gasteiger partial charge in [0.25, 0.3) is 0 Å². The first-order chi connectivity index (χ1) is 14.4. The summed E-state index contributed by atoms with van der Waals surface area (Å²) in [7, 11) is 3.99. The Morgan fingerprint density at radius 1 is 1.13 bits per heavy atom. The Labute approximate surface area is 176 Å². The van der Waals surface area contributed by atoms with Crippen LogP contribution in [-0.4, -0.2) is 47.8 Å². The Morgan fingerprint density at radius 3 is 2.60 bits per heavy atom. The monoisotopic (exact) mass is 406 g/mol. The van der Waals surface area contributed by atoms with E-state index < -0.39 is 0 Å². The molecule has 0 aliphatic carbocycles. The third-order valence-corrected chi connectivity index (χ3v) is 5.69. The molecule has 0 spiro atoms. The lowest BCUT2D eigenvalue weighted by atomic mass is 9.95. The predicted molar refractivity (Wildman–Crippen MR) is 117 cm³/mol. The van der Waals surface area contributed by atoms with Gasteiger partial charge in [-0.25, -0.2) is 9.07 Å². The van der Waals surface area contributed by atoms with Crippen molar-refractivity contribution >= 4 is 11.7 Å². The van der Waals surface area contributed by atoms with Crippen LogP contribution in [0.25, 0.3) is 11.1 Å². The first kappa shape index (κ1) is 20.3. The number of rotatable bonds is 6. The highest BCUT2D eigenvalue weighted by atomic mass is 19.1. The summed E-state index contributed by atoms with van der Waals surface area (Å²) in [5.74, 6) is 0.642. The molecule has 1 unspecified atom stereocenters. The van der Waals surface area contributed by atoms with E-state index in [-0.39, 0.29) is 17.6 Å². The van der Waals surface area contributed by atoms with Crippen LogP contribution in [0, 0.1) is 5.82 Å². The number of aryl methyl sites for hydroxylation is 1. The average molecular weight is 407 g/mol. The second-order valence-corrected chi connectivity index (χ2v) is 8.08. The van der Waals surface area contributed by atoms with Gasteiger partial charge in [-0.15, -0.1) is 0 Å². The molecule has 0 saturated carbocycles. The average Bonchev–Trinajstić information content (AvgIpc) is 3.17. The lowest BCUT2D eigenvalue weighted by Gasteiger charge is -2.28. The molecular weight excluding hydrogens is 379 g/mol. The van der Waals surface area contributed by atoms with Crippen LogP contribution in [0.4, 0.5) is 10.2 Å². The summed E-state index contributed by atoms with van der Waals surface area (Å²) in [6.07, 6.45) is 0.455. The molecule has 1 aliphatic heterocycles. The maximum atomic E-state index is 14.8. The van der Waals surface area contributed by atoms with Crippen LogP contribution in [0.15, 0.2) is 54.6 Å². The minimum absolute atomic E-state index is 0.0757. The fraction of sp³-hybridized carbons (Fsp3) is 0.333. The van der Waals surface area contributed by atoms with Crippen molar-refractivity contribution in [1.82, 2.24) is 14.7 Å². The summed E-state index contributed by atoms with van der Waals surface area (Å²) in [6, 6.07) is 16.9. The normalized spacial score (nSPS) is 14.8. The molecule has 0 fully saturated rings. The molecule has 2 heterocycles. The van der Waals surface area contributed by atoms with E-state index >= 15 is 0 Å². The van der Waals surface area contributed by atoms with Crippen LogP contribution in [0.5, 0.6) is 0 Å². The van der Waals surface area contributed by atoms with Crippen LogP contribution < -0.4 is 4.90 Å². The summed E-state index contributed by atoms with van der Waals surface area (Å²) in [5, 5.41) is 4.74. The van der Waals surface area contributed by atoms with Gasteiger partial charge in [-0.05, 0) is 31.3 Å². The summed E-state index contributed by atoms with van der Waals surface area (Å²) in [4.78, 5) is 16.3. The van der Waals surface area contributed by atoms with Gasteiger partial charge in [-0.2, -0.15) is 5.10 Å². The molecule has 6 heteroatoms.